The maximum Gasteiger partial charge on any atom is 0.326 e. The van der Waals surface area contributed by atoms with Crippen LogP contribution in [0.4, 0.5) is 0 Å². The Morgan fingerprint density at radius 2 is 1.84 bits per heavy atom. The van der Waals surface area contributed by atoms with E-state index in [9.17, 15) is 29.1 Å². The first-order valence-corrected chi connectivity index (χ1v) is 12.1. The third-order valence-electron chi connectivity index (χ3n) is 6.00. The fourth-order valence-electron chi connectivity index (χ4n) is 4.03. The first-order chi connectivity index (χ1) is 18.0. The molecule has 0 bridgehead atoms. The topological polar surface area (TPSA) is 272 Å². The number of hydrogen-bond donors (Lipinski definition) is 8. The molecule has 2 heterocycles. The number of rotatable bonds is 15. The first kappa shape index (κ1) is 30.0. The van der Waals surface area contributed by atoms with Gasteiger partial charge >= 0.3 is 11.9 Å². The Bertz CT molecular complexity index is 1010. The number of carboxylic acids is 2. The quantitative estimate of drug-likeness (QED) is 0.0644. The molecule has 1 saturated heterocycles. The molecule has 11 N–H and O–H groups in total. The molecule has 0 spiro atoms. The summed E-state index contributed by atoms with van der Waals surface area (Å²) >= 11 is 0. The molecule has 38 heavy (non-hydrogen) atoms. The summed E-state index contributed by atoms with van der Waals surface area (Å²) < 4.78 is 0. The average Bonchev–Trinajstić information content (AvgIpc) is 3.55. The van der Waals surface area contributed by atoms with E-state index in [-0.39, 0.29) is 44.7 Å². The number of nitrogens with zero attached hydrogens (tertiary/aromatic N) is 3. The monoisotopic (exact) mass is 537 g/mol. The highest BCUT2D eigenvalue weighted by molar-refractivity contribution is 5.94. The molecule has 1 aliphatic heterocycles. The highest BCUT2D eigenvalue weighted by Crippen LogP contribution is 2.20. The Labute approximate surface area is 218 Å². The van der Waals surface area contributed by atoms with Gasteiger partial charge in [-0.25, -0.2) is 9.78 Å². The number of nitrogens with two attached hydrogens (primary N) is 3. The normalized spacial score (nSPS) is 17.2. The Kier molecular flexibility index (Phi) is 11.5. The van der Waals surface area contributed by atoms with Crippen LogP contribution in [-0.2, 0) is 30.4 Å². The van der Waals surface area contributed by atoms with Crippen LogP contribution < -0.4 is 27.8 Å². The van der Waals surface area contributed by atoms with Crippen LogP contribution in [0.1, 0.15) is 44.2 Å². The Morgan fingerprint density at radius 3 is 2.45 bits per heavy atom. The fraction of sp³-hybridized carbons (Fsp3) is 0.591. The lowest BCUT2D eigenvalue weighted by Crippen LogP contribution is -2.57. The number of aromatic amines is 1. The van der Waals surface area contributed by atoms with Crippen molar-refractivity contribution in [3.05, 3.63) is 18.2 Å². The minimum absolute atomic E-state index is 0.0282. The second-order valence-corrected chi connectivity index (χ2v) is 8.92. The van der Waals surface area contributed by atoms with E-state index in [0.717, 1.165) is 0 Å². The van der Waals surface area contributed by atoms with Crippen molar-refractivity contribution in [3.8, 4) is 0 Å². The summed E-state index contributed by atoms with van der Waals surface area (Å²) in [6.07, 6.45) is 3.55. The van der Waals surface area contributed by atoms with E-state index < -0.39 is 53.8 Å². The number of carbonyl (C=O) groups is 5. The van der Waals surface area contributed by atoms with E-state index >= 15 is 0 Å². The van der Waals surface area contributed by atoms with Crippen molar-refractivity contribution >= 4 is 35.6 Å². The molecule has 1 aromatic heterocycles. The van der Waals surface area contributed by atoms with Crippen molar-refractivity contribution in [2.24, 2.45) is 22.2 Å². The van der Waals surface area contributed by atoms with Crippen LogP contribution in [0, 0.1) is 0 Å². The molecule has 3 amide bonds. The standard InChI is InChI=1S/C22H35N9O7/c23-13(5-6-17(32)33)18(34)30-15(9-12-10-26-11-28-12)19(35)29-14(3-1-7-27-22(24)25)20(36)31-8-2-4-16(31)21(37)38/h10-11,13-16H,1-9,23H2,(H,26,28)(H,29,35)(H,30,34)(H,32,33)(H,37,38)(H4,24,25,27). The van der Waals surface area contributed by atoms with Crippen LogP contribution in [-0.4, -0.2) is 98.0 Å². The van der Waals surface area contributed by atoms with Gasteiger partial charge in [-0.1, -0.05) is 0 Å². The summed E-state index contributed by atoms with van der Waals surface area (Å²) in [4.78, 5) is 73.5. The molecule has 210 valence electrons. The minimum Gasteiger partial charge on any atom is -0.481 e. The van der Waals surface area contributed by atoms with Gasteiger partial charge in [-0.2, -0.15) is 0 Å². The van der Waals surface area contributed by atoms with Crippen molar-refractivity contribution < 1.29 is 34.2 Å². The number of aromatic nitrogens is 2. The van der Waals surface area contributed by atoms with Gasteiger partial charge in [0.05, 0.1) is 12.4 Å². The van der Waals surface area contributed by atoms with Gasteiger partial charge in [-0.3, -0.25) is 24.2 Å². The Hall–Kier alpha value is -4.21. The van der Waals surface area contributed by atoms with Gasteiger partial charge in [0, 0.05) is 37.8 Å². The lowest BCUT2D eigenvalue weighted by molar-refractivity contribution is -0.149. The van der Waals surface area contributed by atoms with Crippen LogP contribution in [0.25, 0.3) is 0 Å². The number of imidazole rings is 1. The van der Waals surface area contributed by atoms with E-state index in [2.05, 4.69) is 25.6 Å². The predicted molar refractivity (Wildman–Crippen MR) is 133 cm³/mol. The molecular weight excluding hydrogens is 502 g/mol. The minimum atomic E-state index is -1.19. The smallest absolute Gasteiger partial charge is 0.326 e. The van der Waals surface area contributed by atoms with Crippen molar-refractivity contribution in [1.82, 2.24) is 25.5 Å². The second kappa shape index (κ2) is 14.5. The molecule has 2 rings (SSSR count). The maximum atomic E-state index is 13.3. The van der Waals surface area contributed by atoms with Gasteiger partial charge in [0.1, 0.15) is 18.1 Å². The lowest BCUT2D eigenvalue weighted by Gasteiger charge is -2.29. The molecule has 16 heteroatoms. The van der Waals surface area contributed by atoms with Crippen LogP contribution in [0.5, 0.6) is 0 Å². The number of aliphatic imine (C=N–C) groups is 1. The van der Waals surface area contributed by atoms with Crippen LogP contribution in [0.15, 0.2) is 17.5 Å². The molecular formula is C22H35N9O7. The van der Waals surface area contributed by atoms with E-state index in [1.807, 2.05) is 0 Å². The van der Waals surface area contributed by atoms with Gasteiger partial charge in [-0.15, -0.1) is 0 Å². The lowest BCUT2D eigenvalue weighted by atomic mass is 10.1. The number of aliphatic carboxylic acids is 2. The molecule has 1 aromatic rings. The van der Waals surface area contributed by atoms with Crippen molar-refractivity contribution in [3.63, 3.8) is 0 Å². The predicted octanol–water partition coefficient (Wildman–Crippen LogP) is -2.76. The third-order valence-corrected chi connectivity index (χ3v) is 6.00. The maximum absolute atomic E-state index is 13.3. The zero-order valence-electron chi connectivity index (χ0n) is 20.8. The van der Waals surface area contributed by atoms with Crippen molar-refractivity contribution in [1.29, 1.82) is 0 Å². The number of carboxylic acid groups (broad SMARTS) is 2. The number of H-pyrrole nitrogens is 1. The summed E-state index contributed by atoms with van der Waals surface area (Å²) in [7, 11) is 0. The van der Waals surface area contributed by atoms with Crippen LogP contribution >= 0.6 is 0 Å². The van der Waals surface area contributed by atoms with Gasteiger partial charge in [0.15, 0.2) is 5.96 Å². The highest BCUT2D eigenvalue weighted by Gasteiger charge is 2.38. The number of amides is 3. The van der Waals surface area contributed by atoms with Crippen molar-refractivity contribution in [2.75, 3.05) is 13.1 Å². The van der Waals surface area contributed by atoms with Gasteiger partial charge < -0.3 is 47.9 Å². The molecule has 0 saturated carbocycles. The van der Waals surface area contributed by atoms with Crippen molar-refractivity contribution in [2.45, 2.75) is 69.1 Å². The third kappa shape index (κ3) is 9.34. The summed E-state index contributed by atoms with van der Waals surface area (Å²) in [5, 5.41) is 23.5. The van der Waals surface area contributed by atoms with Gasteiger partial charge in [0.2, 0.25) is 17.7 Å². The van der Waals surface area contributed by atoms with Crippen LogP contribution in [0.2, 0.25) is 0 Å². The van der Waals surface area contributed by atoms with E-state index in [1.54, 1.807) is 0 Å². The van der Waals surface area contributed by atoms with E-state index in [4.69, 9.17) is 22.3 Å². The number of hydrogen-bond acceptors (Lipinski definition) is 8. The Balaban J connectivity index is 2.20. The number of likely N-dealkylation sites (tertiary alicyclic amines) is 1. The largest absolute Gasteiger partial charge is 0.481 e. The summed E-state index contributed by atoms with van der Waals surface area (Å²) in [5.74, 6) is -4.43. The zero-order valence-corrected chi connectivity index (χ0v) is 20.8. The highest BCUT2D eigenvalue weighted by atomic mass is 16.4. The average molecular weight is 538 g/mol. The fourth-order valence-corrected chi connectivity index (χ4v) is 4.03. The van der Waals surface area contributed by atoms with Gasteiger partial charge in [-0.05, 0) is 32.1 Å². The molecule has 1 fully saturated rings. The van der Waals surface area contributed by atoms with E-state index in [1.165, 1.54) is 17.4 Å². The molecule has 16 nitrogen and oxygen atoms in total. The SMILES string of the molecule is NC(N)=NCCCC(NC(=O)C(Cc1cnc[nH]1)NC(=O)C(N)CCC(=O)O)C(=O)N1CCCC1C(=O)O. The molecule has 4 atom stereocenters. The second-order valence-electron chi connectivity index (χ2n) is 8.92. The first-order valence-electron chi connectivity index (χ1n) is 12.1. The van der Waals surface area contributed by atoms with E-state index in [0.29, 0.717) is 25.0 Å². The molecule has 4 unspecified atom stereocenters. The number of nitrogens with one attached hydrogen (secondary N) is 3. The molecule has 0 radical (unpaired) electrons. The van der Waals surface area contributed by atoms with Gasteiger partial charge in [0.25, 0.3) is 0 Å². The van der Waals surface area contributed by atoms with Crippen LogP contribution in [0.3, 0.4) is 0 Å². The molecule has 0 aromatic carbocycles. The molecule has 0 aliphatic carbocycles. The molecule has 1 aliphatic rings. The summed E-state index contributed by atoms with van der Waals surface area (Å²) in [6.45, 7) is 0.403. The summed E-state index contributed by atoms with van der Waals surface area (Å²) in [5.41, 5.74) is 17.0. The zero-order chi connectivity index (χ0) is 28.2. The number of carbonyl (C=O) groups excluding carboxylic acids is 3. The Morgan fingerprint density at radius 1 is 1.13 bits per heavy atom. The number of guanidine groups is 1. The summed E-state index contributed by atoms with van der Waals surface area (Å²) in [6, 6.07) is -4.49.